The summed E-state index contributed by atoms with van der Waals surface area (Å²) in [6.07, 6.45) is 1.80. The predicted molar refractivity (Wildman–Crippen MR) is 102 cm³/mol. The van der Waals surface area contributed by atoms with Crippen molar-refractivity contribution in [1.29, 1.82) is 0 Å². The van der Waals surface area contributed by atoms with Gasteiger partial charge < -0.3 is 10.1 Å². The second-order valence-electron chi connectivity index (χ2n) is 6.10. The summed E-state index contributed by atoms with van der Waals surface area (Å²) >= 11 is 0. The fourth-order valence-electron chi connectivity index (χ4n) is 2.79. The molecule has 2 aromatic carbocycles. The Morgan fingerprint density at radius 3 is 2.46 bits per heavy atom. The van der Waals surface area contributed by atoms with Crippen LogP contribution in [0.1, 0.15) is 19.3 Å². The minimum atomic E-state index is -3.22. The summed E-state index contributed by atoms with van der Waals surface area (Å²) in [5.41, 5.74) is 1.27. The molecule has 7 heteroatoms. The van der Waals surface area contributed by atoms with Crippen LogP contribution in [0.3, 0.4) is 0 Å². The van der Waals surface area contributed by atoms with Crippen LogP contribution in [0.2, 0.25) is 0 Å². The van der Waals surface area contributed by atoms with Crippen molar-refractivity contribution in [2.75, 3.05) is 28.5 Å². The number of hydrogen-bond acceptors (Lipinski definition) is 4. The Balaban J connectivity index is 1.51. The molecule has 1 amide bonds. The molecule has 1 N–H and O–H groups in total. The van der Waals surface area contributed by atoms with Gasteiger partial charge in [0.1, 0.15) is 5.75 Å². The standard InChI is InChI=1S/C19H22N2O4S/c22-19(12-14-25-18-6-2-1-3-7-18)20-16-8-10-17(11-9-16)21-13-4-5-15-26(21,23)24/h1-3,6-11H,4-5,12-15H2,(H,20,22). The van der Waals surface area contributed by atoms with Gasteiger partial charge in [-0.25, -0.2) is 8.42 Å². The zero-order valence-corrected chi connectivity index (χ0v) is 15.2. The number of amides is 1. The van der Waals surface area contributed by atoms with Crippen molar-refractivity contribution in [1.82, 2.24) is 0 Å². The molecule has 6 nitrogen and oxygen atoms in total. The zero-order valence-electron chi connectivity index (χ0n) is 14.4. The molecular weight excluding hydrogens is 352 g/mol. The van der Waals surface area contributed by atoms with Gasteiger partial charge in [-0.3, -0.25) is 9.10 Å². The topological polar surface area (TPSA) is 75.7 Å². The van der Waals surface area contributed by atoms with Gasteiger partial charge in [0.05, 0.1) is 24.5 Å². The number of carbonyl (C=O) groups is 1. The van der Waals surface area contributed by atoms with E-state index >= 15 is 0 Å². The number of sulfonamides is 1. The molecule has 0 saturated carbocycles. The molecule has 26 heavy (non-hydrogen) atoms. The van der Waals surface area contributed by atoms with Crippen molar-refractivity contribution in [2.45, 2.75) is 19.3 Å². The quantitative estimate of drug-likeness (QED) is 0.843. The maximum absolute atomic E-state index is 12.1. The Morgan fingerprint density at radius 2 is 1.77 bits per heavy atom. The number of hydrogen-bond donors (Lipinski definition) is 1. The van der Waals surface area contributed by atoms with Gasteiger partial charge in [-0.05, 0) is 49.2 Å². The molecule has 1 aliphatic rings. The van der Waals surface area contributed by atoms with Crippen molar-refractivity contribution in [2.24, 2.45) is 0 Å². The first-order valence-electron chi connectivity index (χ1n) is 8.63. The van der Waals surface area contributed by atoms with Crippen molar-refractivity contribution in [3.63, 3.8) is 0 Å². The van der Waals surface area contributed by atoms with E-state index in [0.717, 1.165) is 12.2 Å². The van der Waals surface area contributed by atoms with Crippen LogP contribution in [0, 0.1) is 0 Å². The summed E-state index contributed by atoms with van der Waals surface area (Å²) in [4.78, 5) is 12.0. The summed E-state index contributed by atoms with van der Waals surface area (Å²) < 4.78 is 31.2. The van der Waals surface area contributed by atoms with Gasteiger partial charge in [-0.2, -0.15) is 0 Å². The highest BCUT2D eigenvalue weighted by atomic mass is 32.2. The smallest absolute Gasteiger partial charge is 0.235 e. The van der Waals surface area contributed by atoms with Gasteiger partial charge in [0.25, 0.3) is 0 Å². The maximum atomic E-state index is 12.1. The van der Waals surface area contributed by atoms with E-state index in [4.69, 9.17) is 4.74 Å². The molecule has 0 unspecified atom stereocenters. The van der Waals surface area contributed by atoms with Crippen LogP contribution >= 0.6 is 0 Å². The van der Waals surface area contributed by atoms with E-state index in [9.17, 15) is 13.2 Å². The highest BCUT2D eigenvalue weighted by Gasteiger charge is 2.25. The summed E-state index contributed by atoms with van der Waals surface area (Å²) in [7, 11) is -3.22. The lowest BCUT2D eigenvalue weighted by atomic mass is 10.2. The Kier molecular flexibility index (Phi) is 5.78. The van der Waals surface area contributed by atoms with E-state index in [2.05, 4.69) is 5.32 Å². The molecule has 1 heterocycles. The molecule has 0 aliphatic carbocycles. The molecule has 1 fully saturated rings. The highest BCUT2D eigenvalue weighted by Crippen LogP contribution is 2.25. The SMILES string of the molecule is O=C(CCOc1ccccc1)Nc1ccc(N2CCCCS2(=O)=O)cc1. The highest BCUT2D eigenvalue weighted by molar-refractivity contribution is 7.92. The molecular formula is C19H22N2O4S. The Labute approximate surface area is 153 Å². The average molecular weight is 374 g/mol. The fraction of sp³-hybridized carbons (Fsp3) is 0.316. The third kappa shape index (κ3) is 4.76. The van der Waals surface area contributed by atoms with Crippen molar-refractivity contribution >= 4 is 27.3 Å². The van der Waals surface area contributed by atoms with E-state index in [-0.39, 0.29) is 18.1 Å². The Bertz CT molecular complexity index is 836. The van der Waals surface area contributed by atoms with Crippen molar-refractivity contribution in [3.8, 4) is 5.75 Å². The monoisotopic (exact) mass is 374 g/mol. The fourth-order valence-corrected chi connectivity index (χ4v) is 4.43. The van der Waals surface area contributed by atoms with E-state index in [1.807, 2.05) is 30.3 Å². The molecule has 138 valence electrons. The number of para-hydroxylation sites is 1. The van der Waals surface area contributed by atoms with Crippen LogP contribution < -0.4 is 14.4 Å². The molecule has 2 aromatic rings. The van der Waals surface area contributed by atoms with Crippen molar-refractivity contribution < 1.29 is 17.9 Å². The summed E-state index contributed by atoms with van der Waals surface area (Å²) in [6.45, 7) is 0.796. The van der Waals surface area contributed by atoms with Gasteiger partial charge in [0.2, 0.25) is 15.9 Å². The largest absolute Gasteiger partial charge is 0.493 e. The first-order chi connectivity index (χ1) is 12.5. The normalized spacial score (nSPS) is 16.1. The first kappa shape index (κ1) is 18.3. The van der Waals surface area contributed by atoms with E-state index in [1.165, 1.54) is 4.31 Å². The molecule has 0 bridgehead atoms. The maximum Gasteiger partial charge on any atom is 0.235 e. The summed E-state index contributed by atoms with van der Waals surface area (Å²) in [6, 6.07) is 16.2. The zero-order chi connectivity index (χ0) is 18.4. The summed E-state index contributed by atoms with van der Waals surface area (Å²) in [5.74, 6) is 0.763. The number of rotatable bonds is 6. The first-order valence-corrected chi connectivity index (χ1v) is 10.2. The number of anilines is 2. The molecule has 0 spiro atoms. The second kappa shape index (κ2) is 8.23. The van der Waals surface area contributed by atoms with E-state index in [1.54, 1.807) is 24.3 Å². The number of nitrogens with zero attached hydrogens (tertiary/aromatic N) is 1. The van der Waals surface area contributed by atoms with Crippen LogP contribution in [0.5, 0.6) is 5.75 Å². The van der Waals surface area contributed by atoms with Crippen LogP contribution in [0.15, 0.2) is 54.6 Å². The van der Waals surface area contributed by atoms with Gasteiger partial charge in [-0.1, -0.05) is 18.2 Å². The Hall–Kier alpha value is -2.54. The van der Waals surface area contributed by atoms with Gasteiger partial charge in [-0.15, -0.1) is 0 Å². The minimum Gasteiger partial charge on any atom is -0.493 e. The number of benzene rings is 2. The number of nitrogens with one attached hydrogen (secondary N) is 1. The summed E-state index contributed by atoms with van der Waals surface area (Å²) in [5, 5.41) is 2.79. The Morgan fingerprint density at radius 1 is 1.04 bits per heavy atom. The van der Waals surface area contributed by atoms with Gasteiger partial charge in [0, 0.05) is 12.2 Å². The molecule has 1 aliphatic heterocycles. The molecule has 0 atom stereocenters. The lowest BCUT2D eigenvalue weighted by molar-refractivity contribution is -0.116. The van der Waals surface area contributed by atoms with Crippen LogP contribution in [-0.2, 0) is 14.8 Å². The van der Waals surface area contributed by atoms with Crippen LogP contribution in [-0.4, -0.2) is 33.2 Å². The van der Waals surface area contributed by atoms with Crippen LogP contribution in [0.4, 0.5) is 11.4 Å². The third-order valence-electron chi connectivity index (χ3n) is 4.13. The minimum absolute atomic E-state index is 0.153. The molecule has 1 saturated heterocycles. The van der Waals surface area contributed by atoms with Gasteiger partial charge in [0.15, 0.2) is 0 Å². The second-order valence-corrected chi connectivity index (χ2v) is 8.11. The molecule has 0 aromatic heterocycles. The van der Waals surface area contributed by atoms with E-state index < -0.39 is 10.0 Å². The van der Waals surface area contributed by atoms with Gasteiger partial charge >= 0.3 is 0 Å². The lowest BCUT2D eigenvalue weighted by Crippen LogP contribution is -2.37. The van der Waals surface area contributed by atoms with E-state index in [0.29, 0.717) is 30.9 Å². The van der Waals surface area contributed by atoms with Crippen molar-refractivity contribution in [3.05, 3.63) is 54.6 Å². The lowest BCUT2D eigenvalue weighted by Gasteiger charge is -2.28. The number of carbonyl (C=O) groups excluding carboxylic acids is 1. The third-order valence-corrected chi connectivity index (χ3v) is 6.00. The molecule has 3 rings (SSSR count). The molecule has 0 radical (unpaired) electrons. The van der Waals surface area contributed by atoms with Crippen LogP contribution in [0.25, 0.3) is 0 Å². The average Bonchev–Trinajstić information content (AvgIpc) is 2.63. The predicted octanol–water partition coefficient (Wildman–Crippen LogP) is 3.02. The number of ether oxygens (including phenoxy) is 1.